The van der Waals surface area contributed by atoms with E-state index in [4.69, 9.17) is 0 Å². The molecule has 0 aliphatic rings. The summed E-state index contributed by atoms with van der Waals surface area (Å²) in [6.07, 6.45) is 0.998. The second-order valence-corrected chi connectivity index (χ2v) is 11.9. The fourth-order valence-corrected chi connectivity index (χ4v) is 4.81. The molecular weight excluding hydrogens is 438 g/mol. The lowest BCUT2D eigenvalue weighted by Gasteiger charge is -2.23. The molecule has 31 heavy (non-hydrogen) atoms. The minimum Gasteiger partial charge on any atom is -0.324 e. The quantitative estimate of drug-likeness (QED) is 0.643. The summed E-state index contributed by atoms with van der Waals surface area (Å²) in [6.45, 7) is 5.46. The van der Waals surface area contributed by atoms with Crippen molar-refractivity contribution in [1.82, 2.24) is 4.31 Å². The number of para-hydroxylation sites is 1. The molecule has 0 fully saturated rings. The van der Waals surface area contributed by atoms with Gasteiger partial charge in [0.25, 0.3) is 0 Å². The van der Waals surface area contributed by atoms with Crippen molar-refractivity contribution in [3.63, 3.8) is 0 Å². The van der Waals surface area contributed by atoms with Crippen molar-refractivity contribution in [2.24, 2.45) is 0 Å². The van der Waals surface area contributed by atoms with Crippen molar-refractivity contribution in [2.45, 2.75) is 31.6 Å². The first-order valence-electron chi connectivity index (χ1n) is 9.64. The highest BCUT2D eigenvalue weighted by Gasteiger charge is 2.23. The maximum Gasteiger partial charge on any atom is 0.245 e. The smallest absolute Gasteiger partial charge is 0.245 e. The van der Waals surface area contributed by atoms with E-state index >= 15 is 0 Å². The van der Waals surface area contributed by atoms with Crippen molar-refractivity contribution < 1.29 is 21.6 Å². The average Bonchev–Trinajstić information content (AvgIpc) is 2.66. The number of nitrogens with one attached hydrogen (secondary N) is 1. The molecule has 2 rings (SSSR count). The van der Waals surface area contributed by atoms with Crippen molar-refractivity contribution >= 4 is 37.3 Å². The standard InChI is InChI=1S/C21H29N3O5S2/c1-15(2)19-9-7-8-16(3)21(19)22-20(25)14-24(30(6,26)27)17-10-12-18(13-11-17)31(28,29)23(4)5/h7-13,15H,14H2,1-6H3,(H,22,25). The molecule has 0 aliphatic carbocycles. The van der Waals surface area contributed by atoms with Gasteiger partial charge in [0.15, 0.2) is 0 Å². The molecule has 0 spiro atoms. The first kappa shape index (κ1) is 24.8. The van der Waals surface area contributed by atoms with Crippen LogP contribution in [0.1, 0.15) is 30.9 Å². The van der Waals surface area contributed by atoms with Crippen LogP contribution in [0.25, 0.3) is 0 Å². The third kappa shape index (κ3) is 5.84. The number of hydrogen-bond acceptors (Lipinski definition) is 5. The number of rotatable bonds is 8. The second kappa shape index (κ2) is 9.37. The van der Waals surface area contributed by atoms with E-state index in [2.05, 4.69) is 5.32 Å². The molecular formula is C21H29N3O5S2. The van der Waals surface area contributed by atoms with Crippen molar-refractivity contribution in [3.8, 4) is 0 Å². The molecule has 10 heteroatoms. The first-order valence-corrected chi connectivity index (χ1v) is 12.9. The Morgan fingerprint density at radius 2 is 1.58 bits per heavy atom. The first-order chi connectivity index (χ1) is 14.2. The minimum atomic E-state index is -3.79. The van der Waals surface area contributed by atoms with Gasteiger partial charge in [0.1, 0.15) is 6.54 Å². The highest BCUT2D eigenvalue weighted by atomic mass is 32.2. The number of benzene rings is 2. The van der Waals surface area contributed by atoms with E-state index < -0.39 is 32.5 Å². The molecule has 0 radical (unpaired) electrons. The van der Waals surface area contributed by atoms with Gasteiger partial charge >= 0.3 is 0 Å². The Bertz CT molecular complexity index is 1160. The SMILES string of the molecule is Cc1cccc(C(C)C)c1NC(=O)CN(c1ccc(S(=O)(=O)N(C)C)cc1)S(C)(=O)=O. The Kier molecular flexibility index (Phi) is 7.51. The zero-order valence-corrected chi connectivity index (χ0v) is 20.2. The van der Waals surface area contributed by atoms with Crippen LogP contribution in [-0.4, -0.2) is 53.9 Å². The van der Waals surface area contributed by atoms with Gasteiger partial charge in [0.05, 0.1) is 16.8 Å². The molecule has 0 heterocycles. The summed E-state index contributed by atoms with van der Waals surface area (Å²) in [5, 5.41) is 2.84. The Hall–Kier alpha value is -2.43. The average molecular weight is 468 g/mol. The molecule has 1 amide bonds. The maximum absolute atomic E-state index is 12.8. The molecule has 2 aromatic rings. The number of nitrogens with zero attached hydrogens (tertiary/aromatic N) is 2. The number of carbonyl (C=O) groups excluding carboxylic acids is 1. The van der Waals surface area contributed by atoms with Crippen molar-refractivity contribution in [1.29, 1.82) is 0 Å². The zero-order chi connectivity index (χ0) is 23.6. The van der Waals surface area contributed by atoms with Gasteiger partial charge in [-0.25, -0.2) is 21.1 Å². The normalized spacial score (nSPS) is 12.3. The molecule has 0 unspecified atom stereocenters. The predicted octanol–water partition coefficient (Wildman–Crippen LogP) is 2.77. The van der Waals surface area contributed by atoms with Crippen LogP contribution in [0.3, 0.4) is 0 Å². The highest BCUT2D eigenvalue weighted by Crippen LogP contribution is 2.28. The lowest BCUT2D eigenvalue weighted by atomic mass is 9.98. The molecule has 0 atom stereocenters. The number of aryl methyl sites for hydroxylation is 1. The van der Waals surface area contributed by atoms with Gasteiger partial charge in [-0.1, -0.05) is 32.0 Å². The Morgan fingerprint density at radius 1 is 1.00 bits per heavy atom. The molecule has 0 saturated heterocycles. The van der Waals surface area contributed by atoms with E-state index in [1.165, 1.54) is 38.4 Å². The zero-order valence-electron chi connectivity index (χ0n) is 18.6. The number of hydrogen-bond donors (Lipinski definition) is 1. The number of anilines is 2. The topological polar surface area (TPSA) is 104 Å². The van der Waals surface area contributed by atoms with E-state index in [-0.39, 0.29) is 16.5 Å². The van der Waals surface area contributed by atoms with E-state index in [1.807, 2.05) is 39.0 Å². The van der Waals surface area contributed by atoms with Gasteiger partial charge in [-0.3, -0.25) is 9.10 Å². The maximum atomic E-state index is 12.8. The third-order valence-corrected chi connectivity index (χ3v) is 7.75. The number of carbonyl (C=O) groups is 1. The molecule has 0 saturated carbocycles. The highest BCUT2D eigenvalue weighted by molar-refractivity contribution is 7.92. The summed E-state index contributed by atoms with van der Waals surface area (Å²) < 4.78 is 51.2. The summed E-state index contributed by atoms with van der Waals surface area (Å²) in [6, 6.07) is 11.1. The van der Waals surface area contributed by atoms with Gasteiger partial charge in [-0.05, 0) is 48.2 Å². The van der Waals surface area contributed by atoms with Gasteiger partial charge in [0.2, 0.25) is 26.0 Å². The lowest BCUT2D eigenvalue weighted by molar-refractivity contribution is -0.114. The Labute approximate surface area is 185 Å². The summed E-state index contributed by atoms with van der Waals surface area (Å²) in [4.78, 5) is 12.8. The summed E-state index contributed by atoms with van der Waals surface area (Å²) in [5.41, 5.74) is 2.70. The van der Waals surface area contributed by atoms with E-state index in [9.17, 15) is 21.6 Å². The molecule has 0 aromatic heterocycles. The van der Waals surface area contributed by atoms with Gasteiger partial charge in [-0.15, -0.1) is 0 Å². The van der Waals surface area contributed by atoms with E-state index in [0.717, 1.165) is 26.0 Å². The van der Waals surface area contributed by atoms with E-state index in [1.54, 1.807) is 0 Å². The monoisotopic (exact) mass is 467 g/mol. The fraction of sp³-hybridized carbons (Fsp3) is 0.381. The minimum absolute atomic E-state index is 0.0284. The molecule has 8 nitrogen and oxygen atoms in total. The summed E-state index contributed by atoms with van der Waals surface area (Å²) >= 11 is 0. The van der Waals surface area contributed by atoms with Crippen LogP contribution in [0.4, 0.5) is 11.4 Å². The largest absolute Gasteiger partial charge is 0.324 e. The number of sulfonamides is 2. The van der Waals surface area contributed by atoms with Crippen LogP contribution in [0.5, 0.6) is 0 Å². The van der Waals surface area contributed by atoms with Crippen LogP contribution in [0, 0.1) is 6.92 Å². The Morgan fingerprint density at radius 3 is 2.06 bits per heavy atom. The Balaban J connectivity index is 2.33. The van der Waals surface area contributed by atoms with Crippen molar-refractivity contribution in [3.05, 3.63) is 53.6 Å². The van der Waals surface area contributed by atoms with Crippen LogP contribution in [0.2, 0.25) is 0 Å². The van der Waals surface area contributed by atoms with Crippen molar-refractivity contribution in [2.75, 3.05) is 36.5 Å². The fourth-order valence-electron chi connectivity index (χ4n) is 3.05. The second-order valence-electron chi connectivity index (χ2n) is 7.79. The molecule has 0 bridgehead atoms. The lowest BCUT2D eigenvalue weighted by Crippen LogP contribution is -2.37. The van der Waals surface area contributed by atoms with E-state index in [0.29, 0.717) is 5.69 Å². The molecule has 2 aromatic carbocycles. The van der Waals surface area contributed by atoms with Crippen LogP contribution < -0.4 is 9.62 Å². The number of amides is 1. The molecule has 1 N–H and O–H groups in total. The van der Waals surface area contributed by atoms with Crippen LogP contribution in [-0.2, 0) is 24.8 Å². The molecule has 0 aliphatic heterocycles. The third-order valence-electron chi connectivity index (χ3n) is 4.78. The van der Waals surface area contributed by atoms with Gasteiger partial charge in [-0.2, -0.15) is 0 Å². The summed E-state index contributed by atoms with van der Waals surface area (Å²) in [5.74, 6) is -0.320. The van der Waals surface area contributed by atoms with Crippen LogP contribution >= 0.6 is 0 Å². The van der Waals surface area contributed by atoms with Crippen LogP contribution in [0.15, 0.2) is 47.4 Å². The molecule has 170 valence electrons. The van der Waals surface area contributed by atoms with Gasteiger partial charge in [0, 0.05) is 19.8 Å². The summed E-state index contributed by atoms with van der Waals surface area (Å²) in [7, 11) is -4.62. The predicted molar refractivity (Wildman–Crippen MR) is 123 cm³/mol. The van der Waals surface area contributed by atoms with Gasteiger partial charge < -0.3 is 5.32 Å².